The van der Waals surface area contributed by atoms with Gasteiger partial charge < -0.3 is 14.1 Å². The molecule has 0 atom stereocenters. The Morgan fingerprint density at radius 1 is 1.12 bits per heavy atom. The molecule has 33 heavy (non-hydrogen) atoms. The lowest BCUT2D eigenvalue weighted by atomic mass is 10.1. The molecule has 8 nitrogen and oxygen atoms in total. The molecule has 9 heteroatoms. The molecule has 0 aliphatic rings. The lowest BCUT2D eigenvalue weighted by Crippen LogP contribution is -2.18. The molecule has 0 radical (unpaired) electrons. The van der Waals surface area contributed by atoms with Crippen LogP contribution in [0.2, 0.25) is 0 Å². The quantitative estimate of drug-likeness (QED) is 0.237. The normalized spacial score (nSPS) is 10.9. The average Bonchev–Trinajstić information content (AvgIpc) is 3.32. The van der Waals surface area contributed by atoms with Crippen LogP contribution in [0.5, 0.6) is 11.5 Å². The summed E-state index contributed by atoms with van der Waals surface area (Å²) in [6.07, 6.45) is 1.72. The number of aromatic nitrogens is 3. The van der Waals surface area contributed by atoms with Gasteiger partial charge in [-0.25, -0.2) is 0 Å². The van der Waals surface area contributed by atoms with Gasteiger partial charge in [0.15, 0.2) is 0 Å². The molecule has 0 bridgehead atoms. The first-order valence-electron chi connectivity index (χ1n) is 10.3. The maximum absolute atomic E-state index is 12.2. The third-order valence-corrected chi connectivity index (χ3v) is 6.22. The topological polar surface area (TPSA) is 116 Å². The zero-order chi connectivity index (χ0) is 23.4. The Labute approximate surface area is 194 Å². The minimum absolute atomic E-state index is 0.118. The molecule has 0 amide bonds. The Bertz CT molecular complexity index is 1330. The van der Waals surface area contributed by atoms with E-state index in [2.05, 4.69) is 28.9 Å². The highest BCUT2D eigenvalue weighted by molar-refractivity contribution is 7.14. The van der Waals surface area contributed by atoms with Gasteiger partial charge in [0.25, 0.3) is 5.56 Å². The Hall–Kier alpha value is -3.82. The fourth-order valence-electron chi connectivity index (χ4n) is 3.14. The zero-order valence-corrected chi connectivity index (χ0v) is 19.0. The molecular weight excluding hydrogens is 438 g/mol. The van der Waals surface area contributed by atoms with Crippen LogP contribution in [0.4, 0.5) is 0 Å². The van der Waals surface area contributed by atoms with E-state index in [-0.39, 0.29) is 11.5 Å². The first-order valence-corrected chi connectivity index (χ1v) is 11.1. The van der Waals surface area contributed by atoms with Gasteiger partial charge in [0.05, 0.1) is 6.54 Å². The molecule has 2 aromatic heterocycles. The molecule has 0 spiro atoms. The summed E-state index contributed by atoms with van der Waals surface area (Å²) in [5.74, 6) is 6.41. The Balaban J connectivity index is 1.63. The van der Waals surface area contributed by atoms with E-state index in [1.165, 1.54) is 6.07 Å². The summed E-state index contributed by atoms with van der Waals surface area (Å²) in [5.41, 5.74) is 2.07. The number of rotatable bonds is 7. The lowest BCUT2D eigenvalue weighted by molar-refractivity contribution is 0.319. The van der Waals surface area contributed by atoms with Crippen LogP contribution in [-0.2, 0) is 11.4 Å². The van der Waals surface area contributed by atoms with Crippen LogP contribution >= 0.6 is 11.3 Å². The number of hydrogen-bond acceptors (Lipinski definition) is 8. The number of pyridine rings is 1. The number of ether oxygens (including phenoxy) is 1. The number of hydrogen-bond donors (Lipinski definition) is 2. The zero-order valence-electron chi connectivity index (χ0n) is 18.2. The van der Waals surface area contributed by atoms with Crippen LogP contribution in [0.3, 0.4) is 0 Å². The third-order valence-electron chi connectivity index (χ3n) is 4.95. The van der Waals surface area contributed by atoms with Crippen molar-refractivity contribution in [3.05, 3.63) is 93.3 Å². The smallest absolute Gasteiger partial charge is 0.250 e. The fourth-order valence-corrected chi connectivity index (χ4v) is 3.99. The molecule has 4 aromatic rings. The summed E-state index contributed by atoms with van der Waals surface area (Å²) in [6.45, 7) is 4.49. The minimum atomic E-state index is -0.184. The first-order chi connectivity index (χ1) is 15.9. The summed E-state index contributed by atoms with van der Waals surface area (Å²) in [6, 6.07) is 17.7. The van der Waals surface area contributed by atoms with Crippen molar-refractivity contribution in [2.24, 2.45) is 5.90 Å². The summed E-state index contributed by atoms with van der Waals surface area (Å²) >= 11 is 1.57. The number of benzene rings is 2. The Kier molecular flexibility index (Phi) is 6.62. The van der Waals surface area contributed by atoms with Crippen molar-refractivity contribution in [3.63, 3.8) is 0 Å². The van der Waals surface area contributed by atoms with Crippen molar-refractivity contribution in [3.8, 4) is 22.1 Å². The SMILES string of the molecule is CC(C)c1nnc(-c2ccc(Oc3cc(C(=N)ON)ccc3Cn3ccccc3=O)cc2)s1. The number of nitrogens with zero attached hydrogens (tertiary/aromatic N) is 3. The molecule has 4 rings (SSSR count). The van der Waals surface area contributed by atoms with Crippen molar-refractivity contribution < 1.29 is 9.57 Å². The third kappa shape index (κ3) is 5.16. The predicted octanol–water partition coefficient (Wildman–Crippen LogP) is 4.55. The van der Waals surface area contributed by atoms with E-state index in [9.17, 15) is 4.79 Å². The van der Waals surface area contributed by atoms with E-state index in [0.717, 1.165) is 21.1 Å². The first kappa shape index (κ1) is 22.4. The molecule has 0 saturated heterocycles. The van der Waals surface area contributed by atoms with Crippen LogP contribution < -0.4 is 16.2 Å². The standard InChI is InChI=1S/C24H23N5O3S/c1-15(2)23-27-28-24(33-23)16-8-10-19(11-9-16)31-20-13-17(22(25)32-26)6-7-18(20)14-29-12-4-3-5-21(29)30/h3-13,15,25H,14,26H2,1-2H3. The average molecular weight is 462 g/mol. The van der Waals surface area contributed by atoms with Gasteiger partial charge in [-0.05, 0) is 42.5 Å². The predicted molar refractivity (Wildman–Crippen MR) is 128 cm³/mol. The van der Waals surface area contributed by atoms with Crippen molar-refractivity contribution in [2.45, 2.75) is 26.3 Å². The molecule has 3 N–H and O–H groups in total. The molecule has 0 fully saturated rings. The second-order valence-corrected chi connectivity index (χ2v) is 8.67. The van der Waals surface area contributed by atoms with Crippen molar-refractivity contribution in [2.75, 3.05) is 0 Å². The van der Waals surface area contributed by atoms with Crippen LogP contribution in [0.1, 0.15) is 35.9 Å². The highest BCUT2D eigenvalue weighted by atomic mass is 32.1. The molecule has 0 aliphatic heterocycles. The maximum Gasteiger partial charge on any atom is 0.250 e. The van der Waals surface area contributed by atoms with Gasteiger partial charge in [-0.3, -0.25) is 10.2 Å². The highest BCUT2D eigenvalue weighted by Crippen LogP contribution is 2.31. The largest absolute Gasteiger partial charge is 0.457 e. The summed E-state index contributed by atoms with van der Waals surface area (Å²) in [7, 11) is 0. The Morgan fingerprint density at radius 2 is 1.91 bits per heavy atom. The van der Waals surface area contributed by atoms with Crippen LogP contribution in [0.25, 0.3) is 10.6 Å². The lowest BCUT2D eigenvalue weighted by Gasteiger charge is -2.14. The molecular formula is C24H23N5O3S. The van der Waals surface area contributed by atoms with Gasteiger partial charge in [-0.1, -0.05) is 37.3 Å². The van der Waals surface area contributed by atoms with E-state index < -0.39 is 0 Å². The fraction of sp³-hybridized carbons (Fsp3) is 0.167. The van der Waals surface area contributed by atoms with Crippen LogP contribution in [0.15, 0.2) is 71.7 Å². The van der Waals surface area contributed by atoms with Crippen molar-refractivity contribution >= 4 is 17.2 Å². The molecule has 0 unspecified atom stereocenters. The van der Waals surface area contributed by atoms with Gasteiger partial charge in [-0.2, -0.15) is 5.90 Å². The number of nitrogens with two attached hydrogens (primary N) is 1. The van der Waals surface area contributed by atoms with Crippen LogP contribution in [-0.4, -0.2) is 20.7 Å². The monoisotopic (exact) mass is 461 g/mol. The van der Waals surface area contributed by atoms with E-state index >= 15 is 0 Å². The van der Waals surface area contributed by atoms with Crippen molar-refractivity contribution in [1.29, 1.82) is 5.41 Å². The number of nitrogens with one attached hydrogen (secondary N) is 1. The van der Waals surface area contributed by atoms with Crippen molar-refractivity contribution in [1.82, 2.24) is 14.8 Å². The summed E-state index contributed by atoms with van der Waals surface area (Å²) in [5, 5.41) is 18.2. The van der Waals surface area contributed by atoms with E-state index in [4.69, 9.17) is 16.0 Å². The van der Waals surface area contributed by atoms with E-state index in [1.54, 1.807) is 52.4 Å². The van der Waals surface area contributed by atoms with E-state index in [0.29, 0.717) is 29.5 Å². The van der Waals surface area contributed by atoms with Gasteiger partial charge >= 0.3 is 0 Å². The van der Waals surface area contributed by atoms with E-state index in [1.807, 2.05) is 24.3 Å². The Morgan fingerprint density at radius 3 is 2.58 bits per heavy atom. The molecule has 2 aromatic carbocycles. The van der Waals surface area contributed by atoms with Gasteiger partial charge in [-0.15, -0.1) is 10.2 Å². The van der Waals surface area contributed by atoms with Gasteiger partial charge in [0.1, 0.15) is 21.5 Å². The second kappa shape index (κ2) is 9.76. The van der Waals surface area contributed by atoms with Gasteiger partial charge in [0, 0.05) is 34.9 Å². The molecule has 0 saturated carbocycles. The molecule has 168 valence electrons. The minimum Gasteiger partial charge on any atom is -0.457 e. The molecule has 0 aliphatic carbocycles. The maximum atomic E-state index is 12.2. The van der Waals surface area contributed by atoms with Gasteiger partial charge in [0.2, 0.25) is 5.90 Å². The molecule has 2 heterocycles. The second-order valence-electron chi connectivity index (χ2n) is 7.66. The van der Waals surface area contributed by atoms with Crippen LogP contribution in [0, 0.1) is 5.41 Å². The summed E-state index contributed by atoms with van der Waals surface area (Å²) in [4.78, 5) is 16.7. The highest BCUT2D eigenvalue weighted by Gasteiger charge is 2.13. The summed E-state index contributed by atoms with van der Waals surface area (Å²) < 4.78 is 7.73.